The Bertz CT molecular complexity index is 960. The third kappa shape index (κ3) is 4.99. The van der Waals surface area contributed by atoms with Crippen LogP contribution in [0.3, 0.4) is 0 Å². The van der Waals surface area contributed by atoms with Crippen LogP contribution in [0.1, 0.15) is 47.1 Å². The maximum Gasteiger partial charge on any atom is 0.262 e. The van der Waals surface area contributed by atoms with Gasteiger partial charge < -0.3 is 10.6 Å². The van der Waals surface area contributed by atoms with Crippen LogP contribution in [0.15, 0.2) is 54.6 Å². The smallest absolute Gasteiger partial charge is 0.262 e. The average Bonchev–Trinajstić information content (AvgIpc) is 3.00. The molecule has 0 aliphatic carbocycles. The Morgan fingerprint density at radius 3 is 1.90 bits per heavy atom. The van der Waals surface area contributed by atoms with Crippen LogP contribution in [0.5, 0.6) is 0 Å². The summed E-state index contributed by atoms with van der Waals surface area (Å²) in [4.78, 5) is 52.0. The SMILES string of the molecule is CC(C)(C)C(=O)NCCNC(=O)C(Cc1ccccc1)N1C(=O)c2ccccc2C1=O. The molecule has 7 nitrogen and oxygen atoms in total. The first-order valence-corrected chi connectivity index (χ1v) is 10.3. The highest BCUT2D eigenvalue weighted by Crippen LogP contribution is 2.26. The Labute approximate surface area is 181 Å². The molecule has 0 bridgehead atoms. The molecule has 1 heterocycles. The van der Waals surface area contributed by atoms with Crippen molar-refractivity contribution in [1.29, 1.82) is 0 Å². The van der Waals surface area contributed by atoms with Crippen LogP contribution in [0.2, 0.25) is 0 Å². The Kier molecular flexibility index (Phi) is 6.53. The minimum absolute atomic E-state index is 0.122. The molecule has 3 rings (SSSR count). The van der Waals surface area contributed by atoms with E-state index in [-0.39, 0.29) is 25.4 Å². The quantitative estimate of drug-likeness (QED) is 0.529. The van der Waals surface area contributed by atoms with E-state index in [0.29, 0.717) is 11.1 Å². The molecule has 7 heteroatoms. The second-order valence-corrected chi connectivity index (χ2v) is 8.53. The average molecular weight is 421 g/mol. The van der Waals surface area contributed by atoms with E-state index in [1.807, 2.05) is 30.3 Å². The number of benzene rings is 2. The van der Waals surface area contributed by atoms with Gasteiger partial charge in [-0.25, -0.2) is 0 Å². The molecule has 0 saturated heterocycles. The number of carbonyl (C=O) groups is 4. The van der Waals surface area contributed by atoms with Crippen LogP contribution in [-0.4, -0.2) is 47.7 Å². The predicted octanol–water partition coefficient (Wildman–Crippen LogP) is 2.17. The van der Waals surface area contributed by atoms with Gasteiger partial charge in [-0.2, -0.15) is 0 Å². The zero-order valence-electron chi connectivity index (χ0n) is 18.0. The van der Waals surface area contributed by atoms with Crippen LogP contribution in [0, 0.1) is 5.41 Å². The largest absolute Gasteiger partial charge is 0.354 e. The van der Waals surface area contributed by atoms with Crippen molar-refractivity contribution in [3.8, 4) is 0 Å². The lowest BCUT2D eigenvalue weighted by atomic mass is 9.96. The Morgan fingerprint density at radius 2 is 1.35 bits per heavy atom. The lowest BCUT2D eigenvalue weighted by Gasteiger charge is -2.26. The maximum atomic E-state index is 13.0. The molecule has 0 aromatic heterocycles. The van der Waals surface area contributed by atoms with Gasteiger partial charge in [0.15, 0.2) is 0 Å². The van der Waals surface area contributed by atoms with Gasteiger partial charge in [-0.1, -0.05) is 63.2 Å². The normalized spacial score (nSPS) is 14.2. The molecule has 4 amide bonds. The minimum Gasteiger partial charge on any atom is -0.354 e. The Balaban J connectivity index is 1.75. The van der Waals surface area contributed by atoms with Gasteiger partial charge in [0, 0.05) is 24.9 Å². The molecule has 0 fully saturated rings. The van der Waals surface area contributed by atoms with Crippen molar-refractivity contribution in [2.24, 2.45) is 5.41 Å². The summed E-state index contributed by atoms with van der Waals surface area (Å²) in [5.41, 5.74) is 0.909. The van der Waals surface area contributed by atoms with Crippen molar-refractivity contribution >= 4 is 23.6 Å². The van der Waals surface area contributed by atoms with E-state index < -0.39 is 29.2 Å². The first kappa shape index (κ1) is 22.2. The third-order valence-electron chi connectivity index (χ3n) is 5.10. The fourth-order valence-corrected chi connectivity index (χ4v) is 3.37. The van der Waals surface area contributed by atoms with Crippen LogP contribution >= 0.6 is 0 Å². The summed E-state index contributed by atoms with van der Waals surface area (Å²) in [5.74, 6) is -1.51. The van der Waals surface area contributed by atoms with Gasteiger partial charge in [-0.05, 0) is 17.7 Å². The summed E-state index contributed by atoms with van der Waals surface area (Å²) in [6, 6.07) is 14.8. The second kappa shape index (κ2) is 9.12. The molecule has 2 aromatic rings. The van der Waals surface area contributed by atoms with E-state index in [4.69, 9.17) is 0 Å². The van der Waals surface area contributed by atoms with Gasteiger partial charge in [-0.15, -0.1) is 0 Å². The number of amides is 4. The van der Waals surface area contributed by atoms with Crippen LogP contribution in [-0.2, 0) is 16.0 Å². The van der Waals surface area contributed by atoms with Crippen molar-refractivity contribution in [3.05, 3.63) is 71.3 Å². The monoisotopic (exact) mass is 421 g/mol. The van der Waals surface area contributed by atoms with Crippen LogP contribution < -0.4 is 10.6 Å². The fraction of sp³-hybridized carbons (Fsp3) is 0.333. The molecular weight excluding hydrogens is 394 g/mol. The van der Waals surface area contributed by atoms with E-state index in [9.17, 15) is 19.2 Å². The van der Waals surface area contributed by atoms with E-state index >= 15 is 0 Å². The number of hydrogen-bond donors (Lipinski definition) is 2. The first-order chi connectivity index (χ1) is 14.7. The van der Waals surface area contributed by atoms with Crippen LogP contribution in [0.25, 0.3) is 0 Å². The summed E-state index contributed by atoms with van der Waals surface area (Å²) in [7, 11) is 0. The summed E-state index contributed by atoms with van der Waals surface area (Å²) in [5, 5.41) is 5.52. The highest BCUT2D eigenvalue weighted by molar-refractivity contribution is 6.22. The number of hydrogen-bond acceptors (Lipinski definition) is 4. The number of rotatable bonds is 7. The van der Waals surface area contributed by atoms with E-state index in [1.165, 1.54) is 0 Å². The molecule has 1 aliphatic heterocycles. The second-order valence-electron chi connectivity index (χ2n) is 8.53. The lowest BCUT2D eigenvalue weighted by molar-refractivity contribution is -0.129. The Morgan fingerprint density at radius 1 is 0.839 bits per heavy atom. The van der Waals surface area contributed by atoms with Crippen molar-refractivity contribution < 1.29 is 19.2 Å². The molecule has 0 spiro atoms. The zero-order valence-corrected chi connectivity index (χ0v) is 18.0. The number of nitrogens with zero attached hydrogens (tertiary/aromatic N) is 1. The number of nitrogens with one attached hydrogen (secondary N) is 2. The van der Waals surface area contributed by atoms with Gasteiger partial charge in [0.2, 0.25) is 11.8 Å². The molecular formula is C24H27N3O4. The zero-order chi connectivity index (χ0) is 22.6. The highest BCUT2D eigenvalue weighted by atomic mass is 16.2. The molecule has 2 N–H and O–H groups in total. The van der Waals surface area contributed by atoms with E-state index in [0.717, 1.165) is 10.5 Å². The van der Waals surface area contributed by atoms with Crippen LogP contribution in [0.4, 0.5) is 0 Å². The van der Waals surface area contributed by atoms with Crippen molar-refractivity contribution in [2.45, 2.75) is 33.2 Å². The molecule has 1 atom stereocenters. The van der Waals surface area contributed by atoms with E-state index in [2.05, 4.69) is 10.6 Å². The van der Waals surface area contributed by atoms with Crippen molar-refractivity contribution in [1.82, 2.24) is 15.5 Å². The maximum absolute atomic E-state index is 13.0. The van der Waals surface area contributed by atoms with Gasteiger partial charge in [-0.3, -0.25) is 24.1 Å². The summed E-state index contributed by atoms with van der Waals surface area (Å²) < 4.78 is 0. The minimum atomic E-state index is -0.992. The van der Waals surface area contributed by atoms with Gasteiger partial charge >= 0.3 is 0 Å². The molecule has 0 saturated carbocycles. The summed E-state index contributed by atoms with van der Waals surface area (Å²) >= 11 is 0. The van der Waals surface area contributed by atoms with Gasteiger partial charge in [0.05, 0.1) is 11.1 Å². The third-order valence-corrected chi connectivity index (χ3v) is 5.10. The van der Waals surface area contributed by atoms with Crippen molar-refractivity contribution in [2.75, 3.05) is 13.1 Å². The van der Waals surface area contributed by atoms with Gasteiger partial charge in [0.25, 0.3) is 11.8 Å². The fourth-order valence-electron chi connectivity index (χ4n) is 3.37. The molecule has 0 radical (unpaired) electrons. The predicted molar refractivity (Wildman–Crippen MR) is 116 cm³/mol. The number of fused-ring (bicyclic) bond motifs is 1. The summed E-state index contributed by atoms with van der Waals surface area (Å²) in [6.07, 6.45) is 0.201. The molecule has 1 aliphatic rings. The molecule has 1 unspecified atom stereocenters. The standard InChI is InChI=1S/C24H27N3O4/c1-24(2,3)23(31)26-14-13-25-20(28)19(15-16-9-5-4-6-10-16)27-21(29)17-11-7-8-12-18(17)22(27)30/h4-12,19H,13-15H2,1-3H3,(H,25,28)(H,26,31). The Hall–Kier alpha value is -3.48. The summed E-state index contributed by atoms with van der Waals surface area (Å²) in [6.45, 7) is 5.86. The number of imide groups is 1. The van der Waals surface area contributed by atoms with E-state index in [1.54, 1.807) is 45.0 Å². The molecule has 2 aromatic carbocycles. The lowest BCUT2D eigenvalue weighted by Crippen LogP contribution is -2.52. The number of carbonyl (C=O) groups excluding carboxylic acids is 4. The first-order valence-electron chi connectivity index (χ1n) is 10.3. The topological polar surface area (TPSA) is 95.6 Å². The molecule has 162 valence electrons. The van der Waals surface area contributed by atoms with Gasteiger partial charge in [0.1, 0.15) is 6.04 Å². The van der Waals surface area contributed by atoms with Crippen molar-refractivity contribution in [3.63, 3.8) is 0 Å². The molecule has 31 heavy (non-hydrogen) atoms. The highest BCUT2D eigenvalue weighted by Gasteiger charge is 2.42.